The highest BCUT2D eigenvalue weighted by Gasteiger charge is 2.14. The number of benzene rings is 2. The van der Waals surface area contributed by atoms with Gasteiger partial charge >= 0.3 is 5.97 Å². The summed E-state index contributed by atoms with van der Waals surface area (Å²) in [5.74, 6) is 0.672. The van der Waals surface area contributed by atoms with Gasteiger partial charge in [0.2, 0.25) is 0 Å². The quantitative estimate of drug-likeness (QED) is 0.851. The summed E-state index contributed by atoms with van der Waals surface area (Å²) in [6.45, 7) is 0. The second kappa shape index (κ2) is 8.79. The molecule has 0 saturated heterocycles. The van der Waals surface area contributed by atoms with Crippen molar-refractivity contribution in [2.24, 2.45) is 5.73 Å². The van der Waals surface area contributed by atoms with E-state index in [1.165, 1.54) is 7.11 Å². The third-order valence-electron chi connectivity index (χ3n) is 3.12. The average Bonchev–Trinajstić information content (AvgIpc) is 2.56. The lowest BCUT2D eigenvalue weighted by Gasteiger charge is -2.10. The largest absolute Gasteiger partial charge is 0.468 e. The van der Waals surface area contributed by atoms with Gasteiger partial charge in [0, 0.05) is 0 Å². The Labute approximate surface area is 141 Å². The van der Waals surface area contributed by atoms with E-state index in [4.69, 9.17) is 15.7 Å². The van der Waals surface area contributed by atoms with Crippen LogP contribution in [0.15, 0.2) is 48.5 Å². The fourth-order valence-corrected chi connectivity index (χ4v) is 1.96. The lowest BCUT2D eigenvalue weighted by Crippen LogP contribution is -2.33. The van der Waals surface area contributed by atoms with E-state index in [2.05, 4.69) is 10.8 Å². The maximum Gasteiger partial charge on any atom is 0.322 e. The van der Waals surface area contributed by atoms with Crippen LogP contribution in [0, 0.1) is 11.3 Å². The molecule has 0 fully saturated rings. The van der Waals surface area contributed by atoms with Crippen LogP contribution in [0.25, 0.3) is 0 Å². The van der Waals surface area contributed by atoms with Crippen molar-refractivity contribution >= 4 is 18.4 Å². The molecule has 0 unspecified atom stereocenters. The number of hydrogen-bond acceptors (Lipinski definition) is 5. The summed E-state index contributed by atoms with van der Waals surface area (Å²) in [4.78, 5) is 11.3. The van der Waals surface area contributed by atoms with Gasteiger partial charge in [0.25, 0.3) is 0 Å². The number of methoxy groups -OCH3 is 1. The minimum Gasteiger partial charge on any atom is -0.468 e. The van der Waals surface area contributed by atoms with Gasteiger partial charge in [-0.25, -0.2) is 0 Å². The molecule has 0 aliphatic carbocycles. The Morgan fingerprint density at radius 3 is 2.48 bits per heavy atom. The Hall–Kier alpha value is -2.55. The van der Waals surface area contributed by atoms with Crippen molar-refractivity contribution in [3.63, 3.8) is 0 Å². The minimum atomic E-state index is -0.684. The molecule has 0 amide bonds. The fraction of sp³-hybridized carbons (Fsp3) is 0.176. The smallest absolute Gasteiger partial charge is 0.322 e. The summed E-state index contributed by atoms with van der Waals surface area (Å²) in [6.07, 6.45) is 0.391. The monoisotopic (exact) mass is 332 g/mol. The number of nitrogens with two attached hydrogens (primary N) is 1. The molecule has 5 nitrogen and oxygen atoms in total. The molecule has 0 bridgehead atoms. The van der Waals surface area contributed by atoms with Crippen molar-refractivity contribution in [1.29, 1.82) is 5.26 Å². The molecule has 0 aliphatic heterocycles. The summed E-state index contributed by atoms with van der Waals surface area (Å²) in [7, 11) is 1.31. The number of para-hydroxylation sites is 1. The van der Waals surface area contributed by atoms with Crippen LogP contribution in [0.3, 0.4) is 0 Å². The van der Waals surface area contributed by atoms with E-state index in [-0.39, 0.29) is 12.4 Å². The van der Waals surface area contributed by atoms with Crippen molar-refractivity contribution in [1.82, 2.24) is 0 Å². The van der Waals surface area contributed by atoms with E-state index in [0.29, 0.717) is 23.5 Å². The van der Waals surface area contributed by atoms with Crippen LogP contribution in [-0.2, 0) is 16.0 Å². The van der Waals surface area contributed by atoms with Crippen LogP contribution in [-0.4, -0.2) is 19.1 Å². The minimum absolute atomic E-state index is 0. The van der Waals surface area contributed by atoms with Gasteiger partial charge in [-0.3, -0.25) is 4.79 Å². The van der Waals surface area contributed by atoms with E-state index < -0.39 is 12.0 Å². The third-order valence-corrected chi connectivity index (χ3v) is 3.12. The van der Waals surface area contributed by atoms with Crippen molar-refractivity contribution in [3.05, 3.63) is 59.7 Å². The first kappa shape index (κ1) is 18.5. The summed E-state index contributed by atoms with van der Waals surface area (Å²) in [5, 5.41) is 9.03. The lowest BCUT2D eigenvalue weighted by molar-refractivity contribution is -0.142. The van der Waals surface area contributed by atoms with Gasteiger partial charge in [0.1, 0.15) is 23.6 Å². The Kier molecular flexibility index (Phi) is 7.07. The van der Waals surface area contributed by atoms with E-state index >= 15 is 0 Å². The summed E-state index contributed by atoms with van der Waals surface area (Å²) < 4.78 is 10.3. The van der Waals surface area contributed by atoms with Gasteiger partial charge in [-0.1, -0.05) is 24.3 Å². The molecular formula is C17H17ClN2O3. The van der Waals surface area contributed by atoms with Crippen LogP contribution in [0.2, 0.25) is 0 Å². The number of carbonyl (C=O) groups is 1. The number of esters is 1. The number of carbonyl (C=O) groups excluding carboxylic acids is 1. The highest BCUT2D eigenvalue weighted by molar-refractivity contribution is 5.85. The number of hydrogen-bond donors (Lipinski definition) is 1. The molecular weight excluding hydrogens is 316 g/mol. The van der Waals surface area contributed by atoms with Gasteiger partial charge in [-0.2, -0.15) is 5.26 Å². The molecule has 2 N–H and O–H groups in total. The second-order valence-corrected chi connectivity index (χ2v) is 4.69. The first-order valence-corrected chi connectivity index (χ1v) is 6.73. The fourth-order valence-electron chi connectivity index (χ4n) is 1.96. The van der Waals surface area contributed by atoms with Gasteiger partial charge in [-0.15, -0.1) is 12.4 Å². The highest BCUT2D eigenvalue weighted by Crippen LogP contribution is 2.25. The second-order valence-electron chi connectivity index (χ2n) is 4.69. The summed E-state index contributed by atoms with van der Waals surface area (Å²) >= 11 is 0. The Morgan fingerprint density at radius 2 is 1.87 bits per heavy atom. The Balaban J connectivity index is 0.00000264. The maximum absolute atomic E-state index is 11.3. The van der Waals surface area contributed by atoms with Gasteiger partial charge in [0.05, 0.1) is 12.7 Å². The average molecular weight is 333 g/mol. The zero-order valence-corrected chi connectivity index (χ0v) is 13.4. The van der Waals surface area contributed by atoms with Crippen molar-refractivity contribution in [2.75, 3.05) is 7.11 Å². The Bertz CT molecular complexity index is 696. The Morgan fingerprint density at radius 1 is 1.22 bits per heavy atom. The number of rotatable bonds is 5. The van der Waals surface area contributed by atoms with Crippen LogP contribution >= 0.6 is 12.4 Å². The number of halogens is 1. The molecule has 1 atom stereocenters. The van der Waals surface area contributed by atoms with Crippen molar-refractivity contribution in [2.45, 2.75) is 12.5 Å². The number of ether oxygens (including phenoxy) is 2. The van der Waals surface area contributed by atoms with Crippen LogP contribution in [0.5, 0.6) is 11.5 Å². The van der Waals surface area contributed by atoms with Crippen LogP contribution in [0.4, 0.5) is 0 Å². The van der Waals surface area contributed by atoms with E-state index in [1.807, 2.05) is 12.1 Å². The van der Waals surface area contributed by atoms with Crippen molar-refractivity contribution < 1.29 is 14.3 Å². The molecule has 2 aromatic carbocycles. The van der Waals surface area contributed by atoms with E-state index in [1.54, 1.807) is 36.4 Å². The predicted octanol–water partition coefficient (Wildman–Crippen LogP) is 2.82. The van der Waals surface area contributed by atoms with Crippen molar-refractivity contribution in [3.8, 4) is 17.6 Å². The molecule has 23 heavy (non-hydrogen) atoms. The molecule has 0 saturated carbocycles. The molecule has 0 spiro atoms. The van der Waals surface area contributed by atoms with E-state index in [0.717, 1.165) is 5.56 Å². The lowest BCUT2D eigenvalue weighted by atomic mass is 10.1. The third kappa shape index (κ3) is 4.99. The highest BCUT2D eigenvalue weighted by atomic mass is 35.5. The van der Waals surface area contributed by atoms with Gasteiger partial charge < -0.3 is 15.2 Å². The zero-order chi connectivity index (χ0) is 15.9. The number of nitrogens with zero attached hydrogens (tertiary/aromatic N) is 1. The number of nitriles is 1. The first-order chi connectivity index (χ1) is 10.6. The molecule has 0 radical (unpaired) electrons. The normalized spacial score (nSPS) is 10.8. The van der Waals surface area contributed by atoms with Gasteiger partial charge in [-0.05, 0) is 36.2 Å². The molecule has 2 rings (SSSR count). The molecule has 0 aromatic heterocycles. The maximum atomic E-state index is 11.3. The first-order valence-electron chi connectivity index (χ1n) is 6.73. The van der Waals surface area contributed by atoms with Crippen LogP contribution in [0.1, 0.15) is 11.1 Å². The summed E-state index contributed by atoms with van der Waals surface area (Å²) in [6, 6.07) is 15.6. The van der Waals surface area contributed by atoms with E-state index in [9.17, 15) is 4.79 Å². The zero-order valence-electron chi connectivity index (χ0n) is 12.6. The molecule has 120 valence electrons. The molecule has 0 heterocycles. The molecule has 0 aliphatic rings. The summed E-state index contributed by atoms with van der Waals surface area (Å²) in [5.41, 5.74) is 7.09. The molecule has 2 aromatic rings. The topological polar surface area (TPSA) is 85.3 Å². The molecule has 6 heteroatoms. The van der Waals surface area contributed by atoms with Crippen LogP contribution < -0.4 is 10.5 Å². The predicted molar refractivity (Wildman–Crippen MR) is 88.6 cm³/mol. The SMILES string of the molecule is COC(=O)[C@@H](N)Cc1ccc(Oc2ccccc2C#N)cc1.Cl. The standard InChI is InChI=1S/C17H16N2O3.ClH/c1-21-17(20)15(19)10-12-6-8-14(9-7-12)22-16-5-3-2-4-13(16)11-18;/h2-9,15H,10,19H2,1H3;1H/t15-;/m0./s1. The van der Waals surface area contributed by atoms with Gasteiger partial charge in [0.15, 0.2) is 0 Å².